The van der Waals surface area contributed by atoms with Crippen molar-refractivity contribution in [3.63, 3.8) is 0 Å². The summed E-state index contributed by atoms with van der Waals surface area (Å²) >= 11 is 0. The summed E-state index contributed by atoms with van der Waals surface area (Å²) < 4.78 is 18.9. The summed E-state index contributed by atoms with van der Waals surface area (Å²) in [6, 6.07) is 4.48. The maximum atomic E-state index is 13.4. The van der Waals surface area contributed by atoms with Gasteiger partial charge in [-0.25, -0.2) is 4.39 Å². The number of likely N-dealkylation sites (N-methyl/N-ethyl adjacent to an activating group) is 1. The van der Waals surface area contributed by atoms with E-state index in [4.69, 9.17) is 10.5 Å². The minimum absolute atomic E-state index is 0.259. The molecule has 0 saturated heterocycles. The molecule has 0 bridgehead atoms. The smallest absolute Gasteiger partial charge is 0.128 e. The lowest BCUT2D eigenvalue weighted by Gasteiger charge is -2.18. The standard InChI is InChI=1S/C15H21FN2O/c1-3-18(4-2)8-9-19-15-11-13(6-5-7-17)10-14(16)12-15/h10-12H,3-4,7-9,17H2,1-2H3. The number of ether oxygens (including phenoxy) is 1. The zero-order valence-corrected chi connectivity index (χ0v) is 11.6. The highest BCUT2D eigenvalue weighted by molar-refractivity contribution is 5.40. The van der Waals surface area contributed by atoms with E-state index in [0.29, 0.717) is 17.9 Å². The number of benzene rings is 1. The molecule has 0 radical (unpaired) electrons. The molecule has 1 aromatic rings. The number of nitrogens with two attached hydrogens (primary N) is 1. The Morgan fingerprint density at radius 3 is 2.63 bits per heavy atom. The highest BCUT2D eigenvalue weighted by Gasteiger charge is 2.02. The van der Waals surface area contributed by atoms with Gasteiger partial charge in [-0.15, -0.1) is 0 Å². The lowest BCUT2D eigenvalue weighted by atomic mass is 10.2. The average molecular weight is 264 g/mol. The molecule has 4 heteroatoms. The molecule has 0 spiro atoms. The predicted molar refractivity (Wildman–Crippen MR) is 75.6 cm³/mol. The highest BCUT2D eigenvalue weighted by Crippen LogP contribution is 2.15. The summed E-state index contributed by atoms with van der Waals surface area (Å²) in [5.41, 5.74) is 5.88. The largest absolute Gasteiger partial charge is 0.492 e. The monoisotopic (exact) mass is 264 g/mol. The van der Waals surface area contributed by atoms with Crippen molar-refractivity contribution in [1.82, 2.24) is 4.90 Å². The van der Waals surface area contributed by atoms with Crippen LogP contribution < -0.4 is 10.5 Å². The van der Waals surface area contributed by atoms with Gasteiger partial charge in [-0.2, -0.15) is 0 Å². The van der Waals surface area contributed by atoms with Gasteiger partial charge in [0.05, 0.1) is 6.54 Å². The van der Waals surface area contributed by atoms with E-state index >= 15 is 0 Å². The molecule has 2 N–H and O–H groups in total. The van der Waals surface area contributed by atoms with Crippen LogP contribution in [0.4, 0.5) is 4.39 Å². The summed E-state index contributed by atoms with van der Waals surface area (Å²) in [4.78, 5) is 2.24. The summed E-state index contributed by atoms with van der Waals surface area (Å²) in [6.45, 7) is 7.79. The first kappa shape index (κ1) is 15.5. The van der Waals surface area contributed by atoms with E-state index in [0.717, 1.165) is 19.6 Å². The van der Waals surface area contributed by atoms with Crippen LogP contribution in [0.15, 0.2) is 18.2 Å². The fourth-order valence-electron chi connectivity index (χ4n) is 1.70. The van der Waals surface area contributed by atoms with E-state index in [-0.39, 0.29) is 12.4 Å². The Balaban J connectivity index is 2.60. The van der Waals surface area contributed by atoms with E-state index in [1.54, 1.807) is 6.07 Å². The highest BCUT2D eigenvalue weighted by atomic mass is 19.1. The minimum atomic E-state index is -0.346. The van der Waals surface area contributed by atoms with Gasteiger partial charge in [0.15, 0.2) is 0 Å². The number of rotatable bonds is 6. The lowest BCUT2D eigenvalue weighted by Crippen LogP contribution is -2.27. The van der Waals surface area contributed by atoms with E-state index < -0.39 is 0 Å². The molecule has 0 amide bonds. The average Bonchev–Trinajstić information content (AvgIpc) is 2.41. The second-order valence-corrected chi connectivity index (χ2v) is 4.06. The van der Waals surface area contributed by atoms with Crippen LogP contribution in [-0.4, -0.2) is 37.7 Å². The van der Waals surface area contributed by atoms with E-state index in [9.17, 15) is 4.39 Å². The molecule has 0 aliphatic rings. The van der Waals surface area contributed by atoms with Crippen LogP contribution in [0.3, 0.4) is 0 Å². The maximum absolute atomic E-state index is 13.4. The normalized spacial score (nSPS) is 10.2. The number of hydrogen-bond acceptors (Lipinski definition) is 3. The Morgan fingerprint density at radius 2 is 2.00 bits per heavy atom. The Morgan fingerprint density at radius 1 is 1.26 bits per heavy atom. The molecule has 0 atom stereocenters. The third-order valence-electron chi connectivity index (χ3n) is 2.78. The second-order valence-electron chi connectivity index (χ2n) is 4.06. The third-order valence-corrected chi connectivity index (χ3v) is 2.78. The minimum Gasteiger partial charge on any atom is -0.492 e. The van der Waals surface area contributed by atoms with E-state index in [1.807, 2.05) is 0 Å². The first-order chi connectivity index (χ1) is 9.19. The Kier molecular flexibility index (Phi) is 6.94. The van der Waals surface area contributed by atoms with Crippen molar-refractivity contribution in [3.05, 3.63) is 29.6 Å². The first-order valence-corrected chi connectivity index (χ1v) is 6.54. The molecule has 0 unspecified atom stereocenters. The second kappa shape index (κ2) is 8.52. The topological polar surface area (TPSA) is 38.5 Å². The zero-order valence-electron chi connectivity index (χ0n) is 11.6. The van der Waals surface area contributed by atoms with Crippen molar-refractivity contribution in [2.75, 3.05) is 32.8 Å². The van der Waals surface area contributed by atoms with Crippen molar-refractivity contribution in [2.45, 2.75) is 13.8 Å². The van der Waals surface area contributed by atoms with Gasteiger partial charge in [-0.05, 0) is 25.2 Å². The molecule has 1 rings (SSSR count). The SMILES string of the molecule is CCN(CC)CCOc1cc(F)cc(C#CCN)c1. The Hall–Kier alpha value is -1.57. The fraction of sp³-hybridized carbons (Fsp3) is 0.467. The van der Waals surface area contributed by atoms with E-state index in [2.05, 4.69) is 30.6 Å². The van der Waals surface area contributed by atoms with Gasteiger partial charge in [-0.3, -0.25) is 0 Å². The quantitative estimate of drug-likeness (QED) is 0.797. The first-order valence-electron chi connectivity index (χ1n) is 6.54. The predicted octanol–water partition coefficient (Wildman–Crippen LogP) is 1.86. The van der Waals surface area contributed by atoms with Crippen LogP contribution in [0, 0.1) is 17.7 Å². The fourth-order valence-corrected chi connectivity index (χ4v) is 1.70. The Labute approximate surface area is 114 Å². The molecule has 0 aromatic heterocycles. The molecule has 3 nitrogen and oxygen atoms in total. The summed E-state index contributed by atoms with van der Waals surface area (Å²) in [5.74, 6) is 5.66. The van der Waals surface area contributed by atoms with Crippen molar-refractivity contribution < 1.29 is 9.13 Å². The molecule has 0 fully saturated rings. The van der Waals surface area contributed by atoms with E-state index in [1.165, 1.54) is 12.1 Å². The molecular weight excluding hydrogens is 243 g/mol. The van der Waals surface area contributed by atoms with Crippen LogP contribution in [0.2, 0.25) is 0 Å². The van der Waals surface area contributed by atoms with Gasteiger partial charge >= 0.3 is 0 Å². The van der Waals surface area contributed by atoms with Crippen LogP contribution >= 0.6 is 0 Å². The van der Waals surface area contributed by atoms with Gasteiger partial charge < -0.3 is 15.4 Å². The summed E-state index contributed by atoms with van der Waals surface area (Å²) in [7, 11) is 0. The van der Waals surface area contributed by atoms with Gasteiger partial charge in [0.25, 0.3) is 0 Å². The molecule has 0 heterocycles. The maximum Gasteiger partial charge on any atom is 0.128 e. The number of halogens is 1. The summed E-state index contributed by atoms with van der Waals surface area (Å²) in [5, 5.41) is 0. The third kappa shape index (κ3) is 5.73. The number of nitrogens with zero attached hydrogens (tertiary/aromatic N) is 1. The molecule has 1 aromatic carbocycles. The Bertz CT molecular complexity index is 447. The lowest BCUT2D eigenvalue weighted by molar-refractivity contribution is 0.222. The van der Waals surface area contributed by atoms with Crippen molar-refractivity contribution in [2.24, 2.45) is 5.73 Å². The van der Waals surface area contributed by atoms with Crippen molar-refractivity contribution in [1.29, 1.82) is 0 Å². The summed E-state index contributed by atoms with van der Waals surface area (Å²) in [6.07, 6.45) is 0. The molecule has 19 heavy (non-hydrogen) atoms. The van der Waals surface area contributed by atoms with Crippen LogP contribution in [0.5, 0.6) is 5.75 Å². The van der Waals surface area contributed by atoms with Gasteiger partial charge in [0.2, 0.25) is 0 Å². The molecular formula is C15H21FN2O. The number of hydrogen-bond donors (Lipinski definition) is 1. The molecule has 0 aliphatic carbocycles. The van der Waals surface area contributed by atoms with Crippen molar-refractivity contribution in [3.8, 4) is 17.6 Å². The van der Waals surface area contributed by atoms with Gasteiger partial charge in [0, 0.05) is 18.2 Å². The van der Waals surface area contributed by atoms with Gasteiger partial charge in [-0.1, -0.05) is 25.7 Å². The van der Waals surface area contributed by atoms with Crippen LogP contribution in [-0.2, 0) is 0 Å². The zero-order chi connectivity index (χ0) is 14.1. The molecule has 0 saturated carbocycles. The van der Waals surface area contributed by atoms with Gasteiger partial charge in [0.1, 0.15) is 18.2 Å². The molecule has 104 valence electrons. The molecule has 0 aliphatic heterocycles. The van der Waals surface area contributed by atoms with Crippen LogP contribution in [0.1, 0.15) is 19.4 Å². The van der Waals surface area contributed by atoms with Crippen molar-refractivity contribution >= 4 is 0 Å². The van der Waals surface area contributed by atoms with Crippen LogP contribution in [0.25, 0.3) is 0 Å².